The Kier molecular flexibility index (Phi) is 2.21. The van der Waals surface area contributed by atoms with Crippen LogP contribution in [0.2, 0.25) is 5.28 Å². The predicted octanol–water partition coefficient (Wildman–Crippen LogP) is 2.84. The standard InChI is InChI=1S/C9H6ClFN2O/c1-5-4-6(2-3-7(5)11)8-12-9(10)13-14-8/h2-4H,1H3. The predicted molar refractivity (Wildman–Crippen MR) is 49.4 cm³/mol. The lowest BCUT2D eigenvalue weighted by molar-refractivity contribution is 0.430. The van der Waals surface area contributed by atoms with Crippen LogP contribution in [0.15, 0.2) is 22.7 Å². The van der Waals surface area contributed by atoms with Crippen LogP contribution in [0.1, 0.15) is 5.56 Å². The molecule has 0 saturated heterocycles. The maximum atomic E-state index is 12.9. The molecule has 0 aliphatic carbocycles. The first-order valence-corrected chi connectivity index (χ1v) is 4.30. The number of hydrogen-bond donors (Lipinski definition) is 0. The van der Waals surface area contributed by atoms with Crippen LogP contribution in [-0.2, 0) is 0 Å². The van der Waals surface area contributed by atoms with Gasteiger partial charge in [-0.25, -0.2) is 4.39 Å². The molecule has 0 unspecified atom stereocenters. The van der Waals surface area contributed by atoms with E-state index in [4.69, 9.17) is 16.1 Å². The van der Waals surface area contributed by atoms with Gasteiger partial charge in [0.1, 0.15) is 5.82 Å². The number of rotatable bonds is 1. The molecule has 1 aromatic heterocycles. The summed E-state index contributed by atoms with van der Waals surface area (Å²) in [5.41, 5.74) is 1.18. The molecule has 72 valence electrons. The Morgan fingerprint density at radius 3 is 2.79 bits per heavy atom. The van der Waals surface area contributed by atoms with Gasteiger partial charge < -0.3 is 4.52 Å². The third kappa shape index (κ3) is 1.61. The number of aromatic nitrogens is 2. The average Bonchev–Trinajstić information content (AvgIpc) is 2.57. The van der Waals surface area contributed by atoms with Crippen LogP contribution in [0, 0.1) is 12.7 Å². The molecular weight excluding hydrogens is 207 g/mol. The van der Waals surface area contributed by atoms with Gasteiger partial charge in [-0.05, 0) is 47.4 Å². The van der Waals surface area contributed by atoms with E-state index in [1.54, 1.807) is 19.1 Å². The summed E-state index contributed by atoms with van der Waals surface area (Å²) < 4.78 is 17.8. The monoisotopic (exact) mass is 212 g/mol. The summed E-state index contributed by atoms with van der Waals surface area (Å²) in [6, 6.07) is 4.54. The highest BCUT2D eigenvalue weighted by atomic mass is 35.5. The van der Waals surface area contributed by atoms with Crippen LogP contribution in [0.25, 0.3) is 11.5 Å². The molecule has 0 N–H and O–H groups in total. The maximum Gasteiger partial charge on any atom is 0.264 e. The molecule has 0 spiro atoms. The van der Waals surface area contributed by atoms with Gasteiger partial charge in [-0.1, -0.05) is 0 Å². The highest BCUT2D eigenvalue weighted by molar-refractivity contribution is 6.28. The summed E-state index contributed by atoms with van der Waals surface area (Å²) in [7, 11) is 0. The van der Waals surface area contributed by atoms with E-state index in [2.05, 4.69) is 10.1 Å². The van der Waals surface area contributed by atoms with Crippen molar-refractivity contribution in [3.8, 4) is 11.5 Å². The highest BCUT2D eigenvalue weighted by Crippen LogP contribution is 2.20. The molecule has 0 saturated carbocycles. The minimum Gasteiger partial charge on any atom is -0.333 e. The molecule has 5 heteroatoms. The first-order valence-electron chi connectivity index (χ1n) is 3.92. The van der Waals surface area contributed by atoms with E-state index in [1.165, 1.54) is 6.07 Å². The van der Waals surface area contributed by atoms with Gasteiger partial charge in [-0.3, -0.25) is 0 Å². The minimum atomic E-state index is -0.264. The molecule has 0 bridgehead atoms. The molecule has 0 aliphatic heterocycles. The van der Waals surface area contributed by atoms with Crippen LogP contribution >= 0.6 is 11.6 Å². The molecule has 2 rings (SSSR count). The summed E-state index contributed by atoms with van der Waals surface area (Å²) >= 11 is 5.49. The lowest BCUT2D eigenvalue weighted by atomic mass is 10.1. The van der Waals surface area contributed by atoms with Crippen LogP contribution in [-0.4, -0.2) is 10.1 Å². The Morgan fingerprint density at radius 1 is 1.43 bits per heavy atom. The summed E-state index contributed by atoms with van der Waals surface area (Å²) in [6.45, 7) is 1.66. The van der Waals surface area contributed by atoms with Gasteiger partial charge in [-0.2, -0.15) is 4.98 Å². The Hall–Kier alpha value is -1.42. The van der Waals surface area contributed by atoms with Crippen molar-refractivity contribution in [1.29, 1.82) is 0 Å². The Bertz CT molecular complexity index is 470. The fraction of sp³-hybridized carbons (Fsp3) is 0.111. The number of halogens is 2. The van der Waals surface area contributed by atoms with Gasteiger partial charge in [0.15, 0.2) is 0 Å². The molecule has 2 aromatic rings. The molecule has 3 nitrogen and oxygen atoms in total. The quantitative estimate of drug-likeness (QED) is 0.730. The van der Waals surface area contributed by atoms with Crippen molar-refractivity contribution < 1.29 is 8.91 Å². The van der Waals surface area contributed by atoms with Crippen LogP contribution in [0.4, 0.5) is 4.39 Å². The Labute approximate surface area is 84.5 Å². The van der Waals surface area contributed by atoms with Gasteiger partial charge in [0, 0.05) is 5.56 Å². The molecule has 0 amide bonds. The highest BCUT2D eigenvalue weighted by Gasteiger charge is 2.08. The number of nitrogens with zero attached hydrogens (tertiary/aromatic N) is 2. The normalized spacial score (nSPS) is 10.5. The lowest BCUT2D eigenvalue weighted by Gasteiger charge is -1.97. The van der Waals surface area contributed by atoms with E-state index in [-0.39, 0.29) is 17.0 Å². The number of aryl methyl sites for hydroxylation is 1. The Balaban J connectivity index is 2.47. The van der Waals surface area contributed by atoms with E-state index in [1.807, 2.05) is 0 Å². The van der Waals surface area contributed by atoms with Crippen molar-refractivity contribution in [2.45, 2.75) is 6.92 Å². The SMILES string of the molecule is Cc1cc(-c2nc(Cl)no2)ccc1F. The molecule has 0 fully saturated rings. The molecule has 14 heavy (non-hydrogen) atoms. The second kappa shape index (κ2) is 3.38. The van der Waals surface area contributed by atoms with Gasteiger partial charge in [-0.15, -0.1) is 0 Å². The summed E-state index contributed by atoms with van der Waals surface area (Å²) in [5.74, 6) is 0.0254. The molecule has 0 radical (unpaired) electrons. The van der Waals surface area contributed by atoms with Gasteiger partial charge in [0.05, 0.1) is 0 Å². The largest absolute Gasteiger partial charge is 0.333 e. The fourth-order valence-corrected chi connectivity index (χ4v) is 1.21. The van der Waals surface area contributed by atoms with Crippen LogP contribution in [0.5, 0.6) is 0 Å². The zero-order valence-corrected chi connectivity index (χ0v) is 8.05. The van der Waals surface area contributed by atoms with Crippen molar-refractivity contribution in [2.24, 2.45) is 0 Å². The zero-order valence-electron chi connectivity index (χ0n) is 7.29. The average molecular weight is 213 g/mol. The minimum absolute atomic E-state index is 0.0435. The first kappa shape index (κ1) is 9.15. The van der Waals surface area contributed by atoms with Crippen LogP contribution < -0.4 is 0 Å². The zero-order chi connectivity index (χ0) is 10.1. The van der Waals surface area contributed by atoms with Gasteiger partial charge >= 0.3 is 0 Å². The molecule has 0 aliphatic rings. The second-order valence-corrected chi connectivity index (χ2v) is 3.17. The summed E-state index contributed by atoms with van der Waals surface area (Å²) in [5, 5.41) is 3.47. The Morgan fingerprint density at radius 2 is 2.21 bits per heavy atom. The van der Waals surface area contributed by atoms with E-state index in [9.17, 15) is 4.39 Å². The smallest absolute Gasteiger partial charge is 0.264 e. The van der Waals surface area contributed by atoms with Crippen molar-refractivity contribution in [1.82, 2.24) is 10.1 Å². The van der Waals surface area contributed by atoms with Gasteiger partial charge in [0.2, 0.25) is 0 Å². The maximum absolute atomic E-state index is 12.9. The van der Waals surface area contributed by atoms with E-state index in [0.717, 1.165) is 0 Å². The van der Waals surface area contributed by atoms with E-state index in [0.29, 0.717) is 11.1 Å². The summed E-state index contributed by atoms with van der Waals surface area (Å²) in [6.07, 6.45) is 0. The van der Waals surface area contributed by atoms with Gasteiger partial charge in [0.25, 0.3) is 11.2 Å². The third-order valence-electron chi connectivity index (χ3n) is 1.81. The van der Waals surface area contributed by atoms with E-state index < -0.39 is 0 Å². The third-order valence-corrected chi connectivity index (χ3v) is 1.96. The van der Waals surface area contributed by atoms with Crippen molar-refractivity contribution in [3.63, 3.8) is 0 Å². The number of hydrogen-bond acceptors (Lipinski definition) is 3. The van der Waals surface area contributed by atoms with Crippen molar-refractivity contribution in [3.05, 3.63) is 34.9 Å². The lowest BCUT2D eigenvalue weighted by Crippen LogP contribution is -1.84. The topological polar surface area (TPSA) is 38.9 Å². The first-order chi connectivity index (χ1) is 6.66. The molecular formula is C9H6ClFN2O. The van der Waals surface area contributed by atoms with E-state index >= 15 is 0 Å². The van der Waals surface area contributed by atoms with Crippen molar-refractivity contribution >= 4 is 11.6 Å². The summed E-state index contributed by atoms with van der Waals surface area (Å²) in [4.78, 5) is 3.82. The van der Waals surface area contributed by atoms with Crippen molar-refractivity contribution in [2.75, 3.05) is 0 Å². The molecule has 0 atom stereocenters. The van der Waals surface area contributed by atoms with Crippen LogP contribution in [0.3, 0.4) is 0 Å². The fourth-order valence-electron chi connectivity index (χ4n) is 1.10. The second-order valence-electron chi connectivity index (χ2n) is 2.83. The molecule has 1 heterocycles. The number of benzene rings is 1. The molecule has 1 aromatic carbocycles.